The Labute approximate surface area is 151 Å². The fraction of sp³-hybridized carbons (Fsp3) is 0.500. The van der Waals surface area contributed by atoms with Gasteiger partial charge >= 0.3 is 5.97 Å². The number of hydrogen-bond donors (Lipinski definition) is 1. The number of likely N-dealkylation sites (tertiary alicyclic amines) is 1. The van der Waals surface area contributed by atoms with E-state index in [4.69, 9.17) is 16.3 Å². The molecule has 7 heteroatoms. The van der Waals surface area contributed by atoms with Crippen molar-refractivity contribution in [2.24, 2.45) is 11.8 Å². The number of nitrogens with one attached hydrogen (secondary N) is 1. The van der Waals surface area contributed by atoms with Gasteiger partial charge in [0.05, 0.1) is 18.4 Å². The molecule has 1 aromatic rings. The van der Waals surface area contributed by atoms with E-state index in [1.165, 1.54) is 4.90 Å². The van der Waals surface area contributed by atoms with Gasteiger partial charge in [0.25, 0.3) is 0 Å². The number of rotatable bonds is 4. The van der Waals surface area contributed by atoms with E-state index in [1.54, 1.807) is 45.0 Å². The van der Waals surface area contributed by atoms with E-state index in [2.05, 4.69) is 5.32 Å². The van der Waals surface area contributed by atoms with Gasteiger partial charge in [-0.05, 0) is 38.5 Å². The summed E-state index contributed by atoms with van der Waals surface area (Å²) in [7, 11) is 0. The van der Waals surface area contributed by atoms with Gasteiger partial charge in [-0.3, -0.25) is 24.6 Å². The van der Waals surface area contributed by atoms with Crippen LogP contribution in [0.1, 0.15) is 32.4 Å². The van der Waals surface area contributed by atoms with Crippen molar-refractivity contribution in [3.8, 4) is 0 Å². The Bertz CT molecular complexity index is 720. The lowest BCUT2D eigenvalue weighted by Crippen LogP contribution is -2.54. The van der Waals surface area contributed by atoms with Crippen LogP contribution < -0.4 is 5.32 Å². The molecule has 0 saturated carbocycles. The number of nitrogens with zero attached hydrogens (tertiary/aromatic N) is 1. The lowest BCUT2D eigenvalue weighted by atomic mass is 9.80. The topological polar surface area (TPSA) is 75.7 Å². The molecule has 0 spiro atoms. The quantitative estimate of drug-likeness (QED) is 0.652. The molecule has 2 heterocycles. The van der Waals surface area contributed by atoms with Gasteiger partial charge in [-0.2, -0.15) is 0 Å². The normalized spacial score (nSPS) is 31.4. The Morgan fingerprint density at radius 3 is 2.44 bits per heavy atom. The van der Waals surface area contributed by atoms with Crippen molar-refractivity contribution in [1.29, 1.82) is 0 Å². The summed E-state index contributed by atoms with van der Waals surface area (Å²) in [5, 5.41) is 3.79. The van der Waals surface area contributed by atoms with Crippen LogP contribution in [0.3, 0.4) is 0 Å². The van der Waals surface area contributed by atoms with Crippen LogP contribution >= 0.6 is 11.6 Å². The van der Waals surface area contributed by atoms with Gasteiger partial charge < -0.3 is 4.74 Å². The van der Waals surface area contributed by atoms with Crippen LogP contribution in [0.15, 0.2) is 24.3 Å². The number of esters is 1. The van der Waals surface area contributed by atoms with Gasteiger partial charge in [-0.1, -0.05) is 23.7 Å². The third-order valence-corrected chi connectivity index (χ3v) is 5.38. The number of fused-ring (bicyclic) bond motifs is 1. The van der Waals surface area contributed by atoms with Crippen molar-refractivity contribution in [3.05, 3.63) is 34.9 Å². The Morgan fingerprint density at radius 1 is 1.24 bits per heavy atom. The van der Waals surface area contributed by atoms with Crippen molar-refractivity contribution in [3.63, 3.8) is 0 Å². The fourth-order valence-corrected chi connectivity index (χ4v) is 4.06. The van der Waals surface area contributed by atoms with Crippen molar-refractivity contribution in [1.82, 2.24) is 10.2 Å². The molecule has 3 rings (SSSR count). The first-order valence-electron chi connectivity index (χ1n) is 8.40. The zero-order chi connectivity index (χ0) is 18.4. The fourth-order valence-electron chi connectivity index (χ4n) is 3.94. The first kappa shape index (κ1) is 17.9. The molecule has 0 aliphatic carbocycles. The minimum atomic E-state index is -1.25. The summed E-state index contributed by atoms with van der Waals surface area (Å²) in [5.41, 5.74) is -0.437. The number of imide groups is 1. The highest BCUT2D eigenvalue weighted by atomic mass is 35.5. The SMILES string of the molecule is CCOC(=O)[C@]1(C)N[C@H](c2ccc(Cl)cc2)[C@@H]2C(=O)N(CC)C(=O)[C@H]21. The molecule has 0 radical (unpaired) electrons. The molecule has 2 amide bonds. The molecule has 2 aliphatic heterocycles. The molecule has 134 valence electrons. The average molecular weight is 365 g/mol. The summed E-state index contributed by atoms with van der Waals surface area (Å²) >= 11 is 5.95. The number of halogens is 1. The second-order valence-corrected chi connectivity index (χ2v) is 6.96. The smallest absolute Gasteiger partial charge is 0.326 e. The highest BCUT2D eigenvalue weighted by molar-refractivity contribution is 6.30. The molecular formula is C18H21ClN2O4. The van der Waals surface area contributed by atoms with Gasteiger partial charge in [0, 0.05) is 17.6 Å². The van der Waals surface area contributed by atoms with Crippen LogP contribution in [-0.4, -0.2) is 41.4 Å². The summed E-state index contributed by atoms with van der Waals surface area (Å²) in [6, 6.07) is 6.61. The Balaban J connectivity index is 2.07. The maximum atomic E-state index is 12.8. The highest BCUT2D eigenvalue weighted by Gasteiger charge is 2.66. The summed E-state index contributed by atoms with van der Waals surface area (Å²) in [5.74, 6) is -2.50. The third kappa shape index (κ3) is 2.64. The number of amides is 2. The second kappa shape index (κ2) is 6.42. The van der Waals surface area contributed by atoms with Crippen LogP contribution in [-0.2, 0) is 19.1 Å². The zero-order valence-electron chi connectivity index (χ0n) is 14.4. The summed E-state index contributed by atoms with van der Waals surface area (Å²) in [6.07, 6.45) is 0. The van der Waals surface area contributed by atoms with E-state index in [0.29, 0.717) is 5.02 Å². The van der Waals surface area contributed by atoms with E-state index in [9.17, 15) is 14.4 Å². The predicted molar refractivity (Wildman–Crippen MR) is 91.7 cm³/mol. The number of benzene rings is 1. The minimum Gasteiger partial charge on any atom is -0.465 e. The number of carbonyl (C=O) groups is 3. The molecule has 1 aromatic carbocycles. The number of hydrogen-bond acceptors (Lipinski definition) is 5. The standard InChI is InChI=1S/C18H21ClN2O4/c1-4-21-15(22)12-13(16(21)23)18(3,17(24)25-5-2)20-14(12)10-6-8-11(19)9-7-10/h6-9,12-14,20H,4-5H2,1-3H3/t12-,13+,14-,18-/m1/s1. The van der Waals surface area contributed by atoms with Gasteiger partial charge in [-0.15, -0.1) is 0 Å². The highest BCUT2D eigenvalue weighted by Crippen LogP contribution is 2.49. The van der Waals surface area contributed by atoms with Crippen molar-refractivity contribution >= 4 is 29.4 Å². The Hall–Kier alpha value is -1.92. The zero-order valence-corrected chi connectivity index (χ0v) is 15.2. The Morgan fingerprint density at radius 2 is 1.88 bits per heavy atom. The van der Waals surface area contributed by atoms with Crippen LogP contribution in [0.25, 0.3) is 0 Å². The second-order valence-electron chi connectivity index (χ2n) is 6.52. The average Bonchev–Trinajstić information content (AvgIpc) is 3.03. The van der Waals surface area contributed by atoms with E-state index in [0.717, 1.165) is 5.56 Å². The maximum absolute atomic E-state index is 12.8. The third-order valence-electron chi connectivity index (χ3n) is 5.12. The maximum Gasteiger partial charge on any atom is 0.326 e. The molecular weight excluding hydrogens is 344 g/mol. The van der Waals surface area contributed by atoms with Crippen LogP contribution in [0.4, 0.5) is 0 Å². The molecule has 2 aliphatic rings. The number of carbonyl (C=O) groups excluding carboxylic acids is 3. The van der Waals surface area contributed by atoms with Crippen molar-refractivity contribution in [2.75, 3.05) is 13.2 Å². The van der Waals surface area contributed by atoms with Gasteiger partial charge in [0.15, 0.2) is 0 Å². The van der Waals surface area contributed by atoms with Gasteiger partial charge in [0.1, 0.15) is 5.54 Å². The van der Waals surface area contributed by atoms with E-state index >= 15 is 0 Å². The monoisotopic (exact) mass is 364 g/mol. The summed E-state index contributed by atoms with van der Waals surface area (Å²) in [6.45, 7) is 5.60. The Kier molecular flexibility index (Phi) is 4.60. The molecule has 6 nitrogen and oxygen atoms in total. The van der Waals surface area contributed by atoms with Crippen LogP contribution in [0, 0.1) is 11.8 Å². The molecule has 0 aromatic heterocycles. The minimum absolute atomic E-state index is 0.207. The van der Waals surface area contributed by atoms with Crippen LogP contribution in [0.5, 0.6) is 0 Å². The summed E-state index contributed by atoms with van der Waals surface area (Å²) < 4.78 is 5.19. The molecule has 0 bridgehead atoms. The lowest BCUT2D eigenvalue weighted by molar-refractivity contribution is -0.155. The molecule has 1 N–H and O–H groups in total. The summed E-state index contributed by atoms with van der Waals surface area (Å²) in [4.78, 5) is 39.5. The predicted octanol–water partition coefficient (Wildman–Crippen LogP) is 1.93. The van der Waals surface area contributed by atoms with Gasteiger partial charge in [-0.25, -0.2) is 0 Å². The molecule has 0 unspecified atom stereocenters. The first-order valence-corrected chi connectivity index (χ1v) is 8.78. The van der Waals surface area contributed by atoms with Crippen molar-refractivity contribution in [2.45, 2.75) is 32.4 Å². The number of ether oxygens (including phenoxy) is 1. The molecule has 25 heavy (non-hydrogen) atoms. The van der Waals surface area contributed by atoms with E-state index in [1.807, 2.05) is 0 Å². The van der Waals surface area contributed by atoms with Crippen LogP contribution in [0.2, 0.25) is 5.02 Å². The van der Waals surface area contributed by atoms with Gasteiger partial charge in [0.2, 0.25) is 11.8 Å². The molecule has 2 fully saturated rings. The largest absolute Gasteiger partial charge is 0.465 e. The molecule has 2 saturated heterocycles. The lowest BCUT2D eigenvalue weighted by Gasteiger charge is -2.28. The van der Waals surface area contributed by atoms with E-state index < -0.39 is 29.4 Å². The molecule has 4 atom stereocenters. The van der Waals surface area contributed by atoms with Crippen molar-refractivity contribution < 1.29 is 19.1 Å². The van der Waals surface area contributed by atoms with E-state index in [-0.39, 0.29) is 25.0 Å². The first-order chi connectivity index (χ1) is 11.8.